The molecule has 0 fully saturated rings. The molecule has 1 aromatic heterocycles. The van der Waals surface area contributed by atoms with Crippen LogP contribution in [0.4, 0.5) is 13.2 Å². The minimum atomic E-state index is -3.01. The maximum absolute atomic E-state index is 13.7. The molecule has 0 radical (unpaired) electrons. The van der Waals surface area contributed by atoms with Crippen molar-refractivity contribution in [1.82, 2.24) is 4.98 Å². The molecule has 1 aromatic rings. The van der Waals surface area contributed by atoms with Crippen molar-refractivity contribution in [1.29, 1.82) is 0 Å². The van der Waals surface area contributed by atoms with Crippen LogP contribution >= 0.6 is 0 Å². The van der Waals surface area contributed by atoms with Crippen LogP contribution in [-0.4, -0.2) is 18.1 Å². The van der Waals surface area contributed by atoms with E-state index in [1.165, 1.54) is 0 Å². The third kappa shape index (κ3) is 2.94. The van der Waals surface area contributed by atoms with Crippen LogP contribution in [-0.2, 0) is 22.5 Å². The highest BCUT2D eigenvalue weighted by Gasteiger charge is 2.22. The van der Waals surface area contributed by atoms with Gasteiger partial charge in [0, 0.05) is 12.7 Å². The molecule has 2 N–H and O–H groups in total. The zero-order valence-corrected chi connectivity index (χ0v) is 9.04. The summed E-state index contributed by atoms with van der Waals surface area (Å²) in [4.78, 5) is 14.5. The van der Waals surface area contributed by atoms with Crippen molar-refractivity contribution in [3.8, 4) is 0 Å². The number of nitrogens with zero attached hydrogens (tertiary/aromatic N) is 1. The van der Waals surface area contributed by atoms with E-state index in [0.29, 0.717) is 0 Å². The maximum Gasteiger partial charge on any atom is 0.311 e. The number of alkyl halides is 2. The first-order valence-electron chi connectivity index (χ1n) is 4.72. The molecule has 94 valence electrons. The summed E-state index contributed by atoms with van der Waals surface area (Å²) in [7, 11) is 1.11. The molecule has 0 atom stereocenters. The summed E-state index contributed by atoms with van der Waals surface area (Å²) in [5.41, 5.74) is 3.95. The minimum Gasteiger partial charge on any atom is -0.469 e. The van der Waals surface area contributed by atoms with Gasteiger partial charge in [-0.25, -0.2) is 13.2 Å². The van der Waals surface area contributed by atoms with E-state index in [1.807, 2.05) is 0 Å². The molecular formula is C10H11F3N2O2. The fraction of sp³-hybridized carbons (Fsp3) is 0.400. The van der Waals surface area contributed by atoms with Crippen molar-refractivity contribution >= 4 is 5.97 Å². The molecule has 7 heteroatoms. The maximum atomic E-state index is 13.7. The lowest BCUT2D eigenvalue weighted by atomic mass is 10.1. The van der Waals surface area contributed by atoms with Gasteiger partial charge in [-0.15, -0.1) is 0 Å². The zero-order valence-electron chi connectivity index (χ0n) is 9.04. The smallest absolute Gasteiger partial charge is 0.311 e. The summed E-state index contributed by atoms with van der Waals surface area (Å²) < 4.78 is 43.2. The molecule has 0 aliphatic carbocycles. The van der Waals surface area contributed by atoms with E-state index in [2.05, 4.69) is 9.72 Å². The second-order valence-corrected chi connectivity index (χ2v) is 3.22. The van der Waals surface area contributed by atoms with Crippen LogP contribution in [0.3, 0.4) is 0 Å². The van der Waals surface area contributed by atoms with Crippen LogP contribution < -0.4 is 5.73 Å². The van der Waals surface area contributed by atoms with E-state index in [0.717, 1.165) is 13.3 Å². The molecule has 1 heterocycles. The van der Waals surface area contributed by atoms with E-state index in [-0.39, 0.29) is 17.8 Å². The average molecular weight is 248 g/mol. The topological polar surface area (TPSA) is 65.2 Å². The van der Waals surface area contributed by atoms with E-state index in [4.69, 9.17) is 5.73 Å². The van der Waals surface area contributed by atoms with Crippen molar-refractivity contribution in [2.75, 3.05) is 7.11 Å². The van der Waals surface area contributed by atoms with Crippen molar-refractivity contribution in [3.05, 3.63) is 28.8 Å². The molecule has 1 rings (SSSR count). The Kier molecular flexibility index (Phi) is 4.45. The second-order valence-electron chi connectivity index (χ2n) is 3.22. The minimum absolute atomic E-state index is 0.0777. The normalized spacial score (nSPS) is 10.7. The quantitative estimate of drug-likeness (QED) is 0.816. The zero-order chi connectivity index (χ0) is 13.0. The number of carbonyl (C=O) groups excluding carboxylic acids is 1. The summed E-state index contributed by atoms with van der Waals surface area (Å²) in [6.07, 6.45) is -2.46. The van der Waals surface area contributed by atoms with Gasteiger partial charge < -0.3 is 10.5 Å². The average Bonchev–Trinajstić information content (AvgIpc) is 2.30. The Morgan fingerprint density at radius 1 is 1.59 bits per heavy atom. The van der Waals surface area contributed by atoms with E-state index >= 15 is 0 Å². The molecule has 0 bridgehead atoms. The van der Waals surface area contributed by atoms with Crippen LogP contribution in [0.15, 0.2) is 6.20 Å². The Morgan fingerprint density at radius 2 is 2.24 bits per heavy atom. The molecule has 0 amide bonds. The lowest BCUT2D eigenvalue weighted by Crippen LogP contribution is -2.13. The number of halogens is 3. The van der Waals surface area contributed by atoms with Gasteiger partial charge in [-0.2, -0.15) is 0 Å². The number of rotatable bonds is 4. The predicted molar refractivity (Wildman–Crippen MR) is 52.8 cm³/mol. The summed E-state index contributed by atoms with van der Waals surface area (Å²) in [6, 6.07) is 0. The summed E-state index contributed by atoms with van der Waals surface area (Å²) >= 11 is 0. The Balaban J connectivity index is 3.18. The SMILES string of the molecule is COC(=O)Cc1ncc(CN)c(C(F)F)c1F. The van der Waals surface area contributed by atoms with Crippen LogP contribution in [0.1, 0.15) is 23.2 Å². The molecule has 0 aliphatic heterocycles. The van der Waals surface area contributed by atoms with E-state index in [9.17, 15) is 18.0 Å². The van der Waals surface area contributed by atoms with Crippen molar-refractivity contribution < 1.29 is 22.7 Å². The van der Waals surface area contributed by atoms with Crippen molar-refractivity contribution in [3.63, 3.8) is 0 Å². The summed E-state index contributed by atoms with van der Waals surface area (Å²) in [5, 5.41) is 0. The number of pyridine rings is 1. The molecule has 0 aliphatic rings. The van der Waals surface area contributed by atoms with Gasteiger partial charge in [0.25, 0.3) is 6.43 Å². The molecule has 0 aromatic carbocycles. The van der Waals surface area contributed by atoms with Gasteiger partial charge in [0.05, 0.1) is 24.8 Å². The summed E-state index contributed by atoms with van der Waals surface area (Å²) in [5.74, 6) is -1.95. The van der Waals surface area contributed by atoms with Gasteiger partial charge in [-0.1, -0.05) is 0 Å². The van der Waals surface area contributed by atoms with Gasteiger partial charge in [0.15, 0.2) is 5.82 Å². The lowest BCUT2D eigenvalue weighted by molar-refractivity contribution is -0.139. The Bertz CT molecular complexity index is 424. The number of esters is 1. The highest BCUT2D eigenvalue weighted by atomic mass is 19.3. The number of ether oxygens (including phenoxy) is 1. The third-order valence-corrected chi connectivity index (χ3v) is 2.19. The van der Waals surface area contributed by atoms with Crippen molar-refractivity contribution in [2.24, 2.45) is 5.73 Å². The van der Waals surface area contributed by atoms with Crippen LogP contribution in [0, 0.1) is 5.82 Å². The Labute approximate surface area is 95.6 Å². The van der Waals surface area contributed by atoms with Gasteiger partial charge >= 0.3 is 5.97 Å². The first-order valence-corrected chi connectivity index (χ1v) is 4.72. The predicted octanol–water partition coefficient (Wildman–Crippen LogP) is 1.33. The van der Waals surface area contributed by atoms with Gasteiger partial charge in [0.1, 0.15) is 0 Å². The van der Waals surface area contributed by atoms with Crippen molar-refractivity contribution in [2.45, 2.75) is 19.4 Å². The van der Waals surface area contributed by atoms with E-state index < -0.39 is 30.2 Å². The van der Waals surface area contributed by atoms with Crippen LogP contribution in [0.2, 0.25) is 0 Å². The molecular weight excluding hydrogens is 237 g/mol. The number of nitrogens with two attached hydrogens (primary N) is 1. The van der Waals surface area contributed by atoms with Gasteiger partial charge in [-0.05, 0) is 5.56 Å². The van der Waals surface area contributed by atoms with Gasteiger partial charge in [-0.3, -0.25) is 9.78 Å². The Morgan fingerprint density at radius 3 is 2.71 bits per heavy atom. The highest BCUT2D eigenvalue weighted by Crippen LogP contribution is 2.27. The van der Waals surface area contributed by atoms with Crippen LogP contribution in [0.5, 0.6) is 0 Å². The van der Waals surface area contributed by atoms with Crippen LogP contribution in [0.25, 0.3) is 0 Å². The molecule has 0 saturated heterocycles. The number of aromatic nitrogens is 1. The fourth-order valence-electron chi connectivity index (χ4n) is 1.31. The fourth-order valence-corrected chi connectivity index (χ4v) is 1.31. The lowest BCUT2D eigenvalue weighted by Gasteiger charge is -2.10. The third-order valence-electron chi connectivity index (χ3n) is 2.19. The molecule has 0 unspecified atom stereocenters. The molecule has 4 nitrogen and oxygen atoms in total. The second kappa shape index (κ2) is 5.62. The summed E-state index contributed by atoms with van der Waals surface area (Å²) in [6.45, 7) is -0.248. The molecule has 0 saturated carbocycles. The highest BCUT2D eigenvalue weighted by molar-refractivity contribution is 5.72. The number of hydrogen-bond donors (Lipinski definition) is 1. The van der Waals surface area contributed by atoms with E-state index in [1.54, 1.807) is 0 Å². The van der Waals surface area contributed by atoms with Gasteiger partial charge in [0.2, 0.25) is 0 Å². The first-order chi connectivity index (χ1) is 8.01. The largest absolute Gasteiger partial charge is 0.469 e. The number of hydrogen-bond acceptors (Lipinski definition) is 4. The number of carbonyl (C=O) groups is 1. The molecule has 17 heavy (non-hydrogen) atoms. The first kappa shape index (κ1) is 13.4. The Hall–Kier alpha value is -1.63. The molecule has 0 spiro atoms. The monoisotopic (exact) mass is 248 g/mol. The standard InChI is InChI=1S/C10H11F3N2O2/c1-17-7(16)2-6-9(11)8(10(12)13)5(3-14)4-15-6/h4,10H,2-3,14H2,1H3. The number of methoxy groups -OCH3 is 1.